The molecule has 1 aliphatic carbocycles. The van der Waals surface area contributed by atoms with E-state index in [1.165, 1.54) is 0 Å². The Morgan fingerprint density at radius 2 is 1.00 bits per heavy atom. The molecule has 3 saturated heterocycles. The van der Waals surface area contributed by atoms with Crippen LogP contribution in [0.2, 0.25) is 0 Å². The minimum atomic E-state index is -0.401. The molecular formula is C7H8O4. The highest BCUT2D eigenvalue weighted by molar-refractivity contribution is 5.19. The highest BCUT2D eigenvalue weighted by Gasteiger charge is 2.73. The second-order valence-electron chi connectivity index (χ2n) is 3.69. The van der Waals surface area contributed by atoms with E-state index in [0.717, 1.165) is 0 Å². The molecule has 3 aliphatic heterocycles. The number of fused-ring (bicyclic) bond motifs is 5. The number of epoxide rings is 3. The van der Waals surface area contributed by atoms with Gasteiger partial charge in [0.15, 0.2) is 0 Å². The van der Waals surface area contributed by atoms with Gasteiger partial charge in [0.25, 0.3) is 0 Å². The van der Waals surface area contributed by atoms with Crippen LogP contribution in [0.4, 0.5) is 0 Å². The van der Waals surface area contributed by atoms with E-state index in [2.05, 4.69) is 0 Å². The standard InChI is InChI=1S/C7H8O4/c8-1-2-4(9-2)6-7(11-6)5-3(1)10-5/h1-8H/t1?,2-,3-,4-,5-,6-,7+/m1/s1. The number of rotatable bonds is 0. The molecule has 0 aromatic rings. The molecule has 11 heavy (non-hydrogen) atoms. The molecule has 3 heterocycles. The maximum absolute atomic E-state index is 9.54. The van der Waals surface area contributed by atoms with Crippen molar-refractivity contribution in [3.8, 4) is 0 Å². The lowest BCUT2D eigenvalue weighted by Gasteiger charge is -2.00. The summed E-state index contributed by atoms with van der Waals surface area (Å²) in [6, 6.07) is 0. The summed E-state index contributed by atoms with van der Waals surface area (Å²) in [5.74, 6) is 0. The van der Waals surface area contributed by atoms with Gasteiger partial charge >= 0.3 is 0 Å². The Labute approximate surface area is 63.0 Å². The van der Waals surface area contributed by atoms with Gasteiger partial charge in [-0.15, -0.1) is 0 Å². The Balaban J connectivity index is 1.72. The zero-order chi connectivity index (χ0) is 7.16. The van der Waals surface area contributed by atoms with Crippen LogP contribution < -0.4 is 0 Å². The average Bonchev–Trinajstić information content (AvgIpc) is 2.81. The Morgan fingerprint density at radius 3 is 1.55 bits per heavy atom. The molecule has 4 heteroatoms. The Morgan fingerprint density at radius 1 is 0.636 bits per heavy atom. The van der Waals surface area contributed by atoms with Crippen molar-refractivity contribution in [3.63, 3.8) is 0 Å². The number of ether oxygens (including phenoxy) is 3. The van der Waals surface area contributed by atoms with Crippen molar-refractivity contribution in [1.82, 2.24) is 0 Å². The molecule has 7 atom stereocenters. The van der Waals surface area contributed by atoms with Gasteiger partial charge in [-0.25, -0.2) is 0 Å². The second-order valence-corrected chi connectivity index (χ2v) is 3.69. The molecule has 1 saturated carbocycles. The predicted octanol–water partition coefficient (Wildman–Crippen LogP) is -1.34. The third kappa shape index (κ3) is 0.528. The van der Waals surface area contributed by atoms with E-state index >= 15 is 0 Å². The summed E-state index contributed by atoms with van der Waals surface area (Å²) < 4.78 is 15.9. The lowest BCUT2D eigenvalue weighted by molar-refractivity contribution is 0.103. The third-order valence-corrected chi connectivity index (χ3v) is 3.01. The van der Waals surface area contributed by atoms with Gasteiger partial charge in [0.2, 0.25) is 0 Å². The maximum atomic E-state index is 9.54. The van der Waals surface area contributed by atoms with Crippen molar-refractivity contribution in [2.24, 2.45) is 0 Å². The first-order valence-corrected chi connectivity index (χ1v) is 4.01. The molecule has 1 unspecified atom stereocenters. The summed E-state index contributed by atoms with van der Waals surface area (Å²) in [5.41, 5.74) is 0. The SMILES string of the molecule is OC1[C@H]2O[C@H]2[C@@H]2O[C@@H]2[C@@H]2O[C@H]12. The zero-order valence-corrected chi connectivity index (χ0v) is 5.71. The molecule has 1 N–H and O–H groups in total. The van der Waals surface area contributed by atoms with Gasteiger partial charge in [0.05, 0.1) is 0 Å². The Hall–Kier alpha value is -0.160. The van der Waals surface area contributed by atoms with Crippen molar-refractivity contribution < 1.29 is 19.3 Å². The topological polar surface area (TPSA) is 57.8 Å². The predicted molar refractivity (Wildman–Crippen MR) is 32.0 cm³/mol. The van der Waals surface area contributed by atoms with Crippen molar-refractivity contribution in [2.75, 3.05) is 0 Å². The van der Waals surface area contributed by atoms with Gasteiger partial charge in [-0.05, 0) is 0 Å². The van der Waals surface area contributed by atoms with Gasteiger partial charge in [-0.1, -0.05) is 0 Å². The van der Waals surface area contributed by atoms with Crippen LogP contribution in [-0.4, -0.2) is 47.8 Å². The third-order valence-electron chi connectivity index (χ3n) is 3.01. The molecule has 0 spiro atoms. The smallest absolute Gasteiger partial charge is 0.116 e. The van der Waals surface area contributed by atoms with Crippen LogP contribution in [0.5, 0.6) is 0 Å². The van der Waals surface area contributed by atoms with Crippen molar-refractivity contribution in [1.29, 1.82) is 0 Å². The normalized spacial score (nSPS) is 75.5. The molecule has 4 rings (SSSR count). The molecule has 0 aromatic heterocycles. The summed E-state index contributed by atoms with van der Waals surface area (Å²) in [4.78, 5) is 0. The average molecular weight is 156 g/mol. The molecule has 0 bridgehead atoms. The van der Waals surface area contributed by atoms with Gasteiger partial charge < -0.3 is 19.3 Å². The number of hydrogen-bond acceptors (Lipinski definition) is 4. The lowest BCUT2D eigenvalue weighted by Crippen LogP contribution is -2.24. The fraction of sp³-hybridized carbons (Fsp3) is 1.00. The summed E-state index contributed by atoms with van der Waals surface area (Å²) in [6.45, 7) is 0. The summed E-state index contributed by atoms with van der Waals surface area (Å²) >= 11 is 0. The van der Waals surface area contributed by atoms with Crippen LogP contribution in [0.1, 0.15) is 0 Å². The Bertz CT molecular complexity index is 204. The minimum Gasteiger partial charge on any atom is -0.387 e. The molecule has 4 fully saturated rings. The van der Waals surface area contributed by atoms with Crippen LogP contribution in [0.15, 0.2) is 0 Å². The van der Waals surface area contributed by atoms with E-state index in [-0.39, 0.29) is 36.6 Å². The molecule has 0 radical (unpaired) electrons. The molecule has 0 amide bonds. The van der Waals surface area contributed by atoms with Gasteiger partial charge in [0.1, 0.15) is 42.7 Å². The highest BCUT2D eigenvalue weighted by atomic mass is 16.7. The van der Waals surface area contributed by atoms with E-state index in [4.69, 9.17) is 14.2 Å². The van der Waals surface area contributed by atoms with E-state index in [9.17, 15) is 5.11 Å². The Kier molecular flexibility index (Phi) is 0.674. The first-order chi connectivity index (χ1) is 5.36. The second kappa shape index (κ2) is 1.35. The monoisotopic (exact) mass is 156 g/mol. The van der Waals surface area contributed by atoms with Gasteiger partial charge in [-0.3, -0.25) is 0 Å². The van der Waals surface area contributed by atoms with E-state index in [1.807, 2.05) is 0 Å². The van der Waals surface area contributed by atoms with Crippen LogP contribution in [0, 0.1) is 0 Å². The molecule has 60 valence electrons. The van der Waals surface area contributed by atoms with E-state index in [1.54, 1.807) is 0 Å². The number of hydrogen-bond donors (Lipinski definition) is 1. The van der Waals surface area contributed by atoms with Gasteiger partial charge in [-0.2, -0.15) is 0 Å². The van der Waals surface area contributed by atoms with Crippen LogP contribution in [-0.2, 0) is 14.2 Å². The highest BCUT2D eigenvalue weighted by Crippen LogP contribution is 2.53. The van der Waals surface area contributed by atoms with Crippen molar-refractivity contribution in [3.05, 3.63) is 0 Å². The first-order valence-electron chi connectivity index (χ1n) is 4.01. The van der Waals surface area contributed by atoms with Crippen molar-refractivity contribution >= 4 is 0 Å². The fourth-order valence-electron chi connectivity index (χ4n) is 2.20. The van der Waals surface area contributed by atoms with Crippen LogP contribution in [0.3, 0.4) is 0 Å². The van der Waals surface area contributed by atoms with Crippen LogP contribution in [0.25, 0.3) is 0 Å². The minimum absolute atomic E-state index is 0.00231. The molecule has 0 aromatic carbocycles. The van der Waals surface area contributed by atoms with Crippen molar-refractivity contribution in [2.45, 2.75) is 42.7 Å². The first kappa shape index (κ1) is 5.48. The largest absolute Gasteiger partial charge is 0.387 e. The summed E-state index contributed by atoms with van der Waals surface area (Å²) in [7, 11) is 0. The fourth-order valence-corrected chi connectivity index (χ4v) is 2.20. The zero-order valence-electron chi connectivity index (χ0n) is 5.71. The van der Waals surface area contributed by atoms with Crippen LogP contribution >= 0.6 is 0 Å². The quantitative estimate of drug-likeness (QED) is 0.441. The molecule has 4 aliphatic rings. The number of aliphatic hydroxyl groups is 1. The molecular weight excluding hydrogens is 148 g/mol. The summed E-state index contributed by atoms with van der Waals surface area (Å²) in [5, 5.41) is 9.54. The van der Waals surface area contributed by atoms with Gasteiger partial charge in [0, 0.05) is 0 Å². The van der Waals surface area contributed by atoms with E-state index in [0.29, 0.717) is 0 Å². The lowest BCUT2D eigenvalue weighted by atomic mass is 10.1. The van der Waals surface area contributed by atoms with E-state index < -0.39 is 6.10 Å². The molecule has 4 nitrogen and oxygen atoms in total. The number of aliphatic hydroxyl groups excluding tert-OH is 1. The maximum Gasteiger partial charge on any atom is 0.116 e. The summed E-state index contributed by atoms with van der Waals surface area (Å²) in [6.07, 6.45) is 0.406.